The van der Waals surface area contributed by atoms with E-state index < -0.39 is 0 Å². The molecular weight excluding hydrogens is 300 g/mol. The molecule has 1 atom stereocenters. The van der Waals surface area contributed by atoms with Gasteiger partial charge in [-0.05, 0) is 65.8 Å². The molecule has 1 aliphatic rings. The monoisotopic (exact) mass is 332 g/mol. The molecule has 0 saturated carbocycles. The summed E-state index contributed by atoms with van der Waals surface area (Å²) in [5.74, 6) is 0.902. The number of aryl methyl sites for hydroxylation is 1. The minimum atomic E-state index is 0.902. The van der Waals surface area contributed by atoms with Gasteiger partial charge in [-0.25, -0.2) is 0 Å². The van der Waals surface area contributed by atoms with Crippen molar-refractivity contribution in [1.29, 1.82) is 0 Å². The van der Waals surface area contributed by atoms with Gasteiger partial charge in [-0.15, -0.1) is 0 Å². The highest BCUT2D eigenvalue weighted by Crippen LogP contribution is 2.32. The van der Waals surface area contributed by atoms with Crippen LogP contribution >= 0.6 is 0 Å². The molecule has 3 rings (SSSR count). The molecule has 0 nitrogen and oxygen atoms in total. The number of benzene rings is 2. The summed E-state index contributed by atoms with van der Waals surface area (Å²) >= 11 is 0. The highest BCUT2D eigenvalue weighted by molar-refractivity contribution is 5.71. The van der Waals surface area contributed by atoms with Crippen LogP contribution in [0.1, 0.15) is 69.9 Å². The zero-order valence-electron chi connectivity index (χ0n) is 15.9. The smallest absolute Gasteiger partial charge is 0.0184 e. The third kappa shape index (κ3) is 4.84. The Labute approximate surface area is 154 Å². The summed E-state index contributed by atoms with van der Waals surface area (Å²) in [7, 11) is 0. The molecule has 2 aromatic rings. The van der Waals surface area contributed by atoms with Gasteiger partial charge in [0.2, 0.25) is 0 Å². The Morgan fingerprint density at radius 2 is 1.44 bits per heavy atom. The quantitative estimate of drug-likeness (QED) is 0.456. The van der Waals surface area contributed by atoms with Gasteiger partial charge in [0.15, 0.2) is 0 Å². The molecule has 0 fully saturated rings. The Hall–Kier alpha value is -1.82. The molecule has 1 aliphatic carbocycles. The Bertz CT molecular complexity index is 673. The van der Waals surface area contributed by atoms with Crippen molar-refractivity contribution in [3.05, 3.63) is 65.7 Å². The summed E-state index contributed by atoms with van der Waals surface area (Å²) in [5.41, 5.74) is 7.07. The molecule has 0 radical (unpaired) electrons. The van der Waals surface area contributed by atoms with Gasteiger partial charge < -0.3 is 0 Å². The van der Waals surface area contributed by atoms with Crippen LogP contribution in [0.5, 0.6) is 0 Å². The summed E-state index contributed by atoms with van der Waals surface area (Å²) < 4.78 is 0. The van der Waals surface area contributed by atoms with Gasteiger partial charge in [-0.3, -0.25) is 0 Å². The van der Waals surface area contributed by atoms with Crippen molar-refractivity contribution >= 4 is 5.57 Å². The topological polar surface area (TPSA) is 0 Å². The lowest BCUT2D eigenvalue weighted by atomic mass is 9.85. The lowest BCUT2D eigenvalue weighted by Gasteiger charge is -2.20. The van der Waals surface area contributed by atoms with Gasteiger partial charge in [0.1, 0.15) is 0 Å². The fraction of sp³-hybridized carbons (Fsp3) is 0.440. The van der Waals surface area contributed by atoms with E-state index in [4.69, 9.17) is 0 Å². The number of hydrogen-bond donors (Lipinski definition) is 0. The number of unbranched alkanes of at least 4 members (excludes halogenated alkanes) is 2. The van der Waals surface area contributed by atoms with Crippen LogP contribution in [-0.4, -0.2) is 0 Å². The van der Waals surface area contributed by atoms with Crippen molar-refractivity contribution in [2.75, 3.05) is 0 Å². The molecular formula is C25H32. The first-order valence-corrected chi connectivity index (χ1v) is 10.2. The van der Waals surface area contributed by atoms with Crippen LogP contribution in [0, 0.1) is 5.92 Å². The third-order valence-corrected chi connectivity index (χ3v) is 5.71. The van der Waals surface area contributed by atoms with E-state index in [-0.39, 0.29) is 0 Å². The summed E-state index contributed by atoms with van der Waals surface area (Å²) in [4.78, 5) is 0. The van der Waals surface area contributed by atoms with E-state index in [2.05, 4.69) is 68.5 Å². The van der Waals surface area contributed by atoms with Gasteiger partial charge in [0, 0.05) is 0 Å². The van der Waals surface area contributed by atoms with Crippen LogP contribution in [0.25, 0.3) is 16.7 Å². The average molecular weight is 333 g/mol. The molecule has 0 aromatic heterocycles. The van der Waals surface area contributed by atoms with Gasteiger partial charge in [0.05, 0.1) is 0 Å². The Morgan fingerprint density at radius 3 is 2.00 bits per heavy atom. The van der Waals surface area contributed by atoms with E-state index in [1.54, 1.807) is 5.57 Å². The molecule has 0 heterocycles. The first-order valence-electron chi connectivity index (χ1n) is 10.2. The SMILES string of the molecule is CCCCCc1ccc(-c2ccc(C3=CCC(CC)CC3)cc2)cc1. The second-order valence-corrected chi connectivity index (χ2v) is 7.51. The molecule has 0 spiro atoms. The molecule has 25 heavy (non-hydrogen) atoms. The number of rotatable bonds is 7. The zero-order valence-corrected chi connectivity index (χ0v) is 15.9. The minimum absolute atomic E-state index is 0.902. The lowest BCUT2D eigenvalue weighted by molar-refractivity contribution is 0.471. The van der Waals surface area contributed by atoms with Crippen molar-refractivity contribution in [3.8, 4) is 11.1 Å². The Balaban J connectivity index is 1.65. The van der Waals surface area contributed by atoms with E-state index in [1.807, 2.05) is 0 Å². The normalized spacial score (nSPS) is 17.4. The van der Waals surface area contributed by atoms with Crippen molar-refractivity contribution < 1.29 is 0 Å². The van der Waals surface area contributed by atoms with Crippen molar-refractivity contribution in [1.82, 2.24) is 0 Å². The molecule has 0 N–H and O–H groups in total. The second-order valence-electron chi connectivity index (χ2n) is 7.51. The Morgan fingerprint density at radius 1 is 0.800 bits per heavy atom. The fourth-order valence-corrected chi connectivity index (χ4v) is 3.84. The van der Waals surface area contributed by atoms with Crippen molar-refractivity contribution in [3.63, 3.8) is 0 Å². The van der Waals surface area contributed by atoms with E-state index >= 15 is 0 Å². The molecule has 0 amide bonds. The molecule has 132 valence electrons. The molecule has 2 aromatic carbocycles. The summed E-state index contributed by atoms with van der Waals surface area (Å²) in [6, 6.07) is 18.3. The first-order chi connectivity index (χ1) is 12.3. The molecule has 0 heteroatoms. The van der Waals surface area contributed by atoms with E-state index in [0.29, 0.717) is 0 Å². The maximum Gasteiger partial charge on any atom is -0.0184 e. The molecule has 0 saturated heterocycles. The van der Waals surface area contributed by atoms with Gasteiger partial charge in [0.25, 0.3) is 0 Å². The number of hydrogen-bond acceptors (Lipinski definition) is 0. The second kappa shape index (κ2) is 9.04. The van der Waals surface area contributed by atoms with Gasteiger partial charge >= 0.3 is 0 Å². The van der Waals surface area contributed by atoms with Crippen LogP contribution in [0.3, 0.4) is 0 Å². The predicted octanol–water partition coefficient (Wildman–Crippen LogP) is 7.68. The highest BCUT2D eigenvalue weighted by Gasteiger charge is 2.13. The highest BCUT2D eigenvalue weighted by atomic mass is 14.2. The standard InChI is InChI=1S/C25H32/c1-3-5-6-7-21-10-14-23(15-11-21)25-18-16-24(17-19-25)22-12-8-20(4-2)9-13-22/h10-12,14-20H,3-9,13H2,1-2H3. The van der Waals surface area contributed by atoms with E-state index in [1.165, 1.54) is 73.6 Å². The zero-order chi connectivity index (χ0) is 17.5. The largest absolute Gasteiger partial charge is 0.0804 e. The van der Waals surface area contributed by atoms with Crippen LogP contribution in [0.15, 0.2) is 54.6 Å². The van der Waals surface area contributed by atoms with E-state index in [0.717, 1.165) is 5.92 Å². The van der Waals surface area contributed by atoms with Crippen LogP contribution in [0.4, 0.5) is 0 Å². The van der Waals surface area contributed by atoms with Crippen LogP contribution < -0.4 is 0 Å². The summed E-state index contributed by atoms with van der Waals surface area (Å²) in [6.07, 6.45) is 12.8. The van der Waals surface area contributed by atoms with Gasteiger partial charge in [-0.2, -0.15) is 0 Å². The fourth-order valence-electron chi connectivity index (χ4n) is 3.84. The lowest BCUT2D eigenvalue weighted by Crippen LogP contribution is -2.03. The molecule has 1 unspecified atom stereocenters. The van der Waals surface area contributed by atoms with Crippen LogP contribution in [0.2, 0.25) is 0 Å². The molecule has 0 bridgehead atoms. The first kappa shape index (κ1) is 18.0. The molecule has 0 aliphatic heterocycles. The predicted molar refractivity (Wildman–Crippen MR) is 111 cm³/mol. The average Bonchev–Trinajstić information content (AvgIpc) is 2.69. The van der Waals surface area contributed by atoms with E-state index in [9.17, 15) is 0 Å². The summed E-state index contributed by atoms with van der Waals surface area (Å²) in [5, 5.41) is 0. The number of allylic oxidation sites excluding steroid dienone is 2. The Kier molecular flexibility index (Phi) is 6.50. The minimum Gasteiger partial charge on any atom is -0.0804 e. The van der Waals surface area contributed by atoms with Crippen molar-refractivity contribution in [2.24, 2.45) is 5.92 Å². The van der Waals surface area contributed by atoms with Crippen molar-refractivity contribution in [2.45, 2.75) is 65.2 Å². The van der Waals surface area contributed by atoms with Gasteiger partial charge in [-0.1, -0.05) is 87.7 Å². The summed E-state index contributed by atoms with van der Waals surface area (Å²) in [6.45, 7) is 4.58. The van der Waals surface area contributed by atoms with Crippen LogP contribution in [-0.2, 0) is 6.42 Å². The maximum absolute atomic E-state index is 2.47. The maximum atomic E-state index is 2.47. The third-order valence-electron chi connectivity index (χ3n) is 5.71.